The highest BCUT2D eigenvalue weighted by atomic mass is 16.3. The predicted molar refractivity (Wildman–Crippen MR) is 63.2 cm³/mol. The molecule has 1 fully saturated rings. The number of aliphatic hydroxyl groups excluding tert-OH is 1. The number of aliphatic hydroxyl groups is 1. The summed E-state index contributed by atoms with van der Waals surface area (Å²) in [5.41, 5.74) is 5.06. The molecule has 1 saturated heterocycles. The normalized spacial score (nSPS) is 21.6. The van der Waals surface area contributed by atoms with Gasteiger partial charge in [-0.3, -0.25) is 4.79 Å². The van der Waals surface area contributed by atoms with Gasteiger partial charge in [0.15, 0.2) is 0 Å². The van der Waals surface area contributed by atoms with Crippen molar-refractivity contribution in [2.45, 2.75) is 38.8 Å². The smallest absolute Gasteiger partial charge is 0.312 e. The number of carbonyl (C=O) groups is 2. The van der Waals surface area contributed by atoms with Crippen LogP contribution in [0.25, 0.3) is 0 Å². The minimum atomic E-state index is -0.691. The third kappa shape index (κ3) is 4.22. The van der Waals surface area contributed by atoms with Gasteiger partial charge in [0.1, 0.15) is 6.04 Å². The average molecular weight is 243 g/mol. The van der Waals surface area contributed by atoms with Crippen molar-refractivity contribution in [1.29, 1.82) is 0 Å². The molecule has 0 radical (unpaired) electrons. The van der Waals surface area contributed by atoms with Crippen LogP contribution in [0.15, 0.2) is 0 Å². The van der Waals surface area contributed by atoms with Crippen molar-refractivity contribution in [2.75, 3.05) is 13.1 Å². The number of β-amino-alcohol motifs (C(OH)–C–C–N with tert-alkyl or cyclic N) is 1. The number of nitrogens with one attached hydrogen (secondary N) is 1. The summed E-state index contributed by atoms with van der Waals surface area (Å²) in [4.78, 5) is 24.5. The topological polar surface area (TPSA) is 95.7 Å². The molecule has 0 aromatic heterocycles. The third-order valence-corrected chi connectivity index (χ3v) is 2.80. The molecule has 1 aliphatic rings. The maximum atomic E-state index is 12.1. The van der Waals surface area contributed by atoms with Crippen molar-refractivity contribution in [3.63, 3.8) is 0 Å². The van der Waals surface area contributed by atoms with E-state index in [0.717, 1.165) is 0 Å². The Morgan fingerprint density at radius 2 is 2.18 bits per heavy atom. The fraction of sp³-hybridized carbons (Fsp3) is 0.818. The van der Waals surface area contributed by atoms with E-state index in [-0.39, 0.29) is 11.8 Å². The zero-order valence-corrected chi connectivity index (χ0v) is 10.3. The van der Waals surface area contributed by atoms with Crippen molar-refractivity contribution in [3.05, 3.63) is 0 Å². The Morgan fingerprint density at radius 1 is 1.53 bits per heavy atom. The number of hydrogen-bond acceptors (Lipinski definition) is 3. The zero-order chi connectivity index (χ0) is 13.0. The summed E-state index contributed by atoms with van der Waals surface area (Å²) < 4.78 is 0. The highest BCUT2D eigenvalue weighted by Gasteiger charge is 2.30. The molecule has 0 bridgehead atoms. The van der Waals surface area contributed by atoms with Crippen LogP contribution in [0.2, 0.25) is 0 Å². The highest BCUT2D eigenvalue weighted by Crippen LogP contribution is 2.13. The van der Waals surface area contributed by atoms with Crippen LogP contribution in [0.1, 0.15) is 26.7 Å². The van der Waals surface area contributed by atoms with Gasteiger partial charge in [-0.15, -0.1) is 0 Å². The zero-order valence-electron chi connectivity index (χ0n) is 10.3. The number of primary amides is 1. The van der Waals surface area contributed by atoms with Gasteiger partial charge in [0, 0.05) is 13.1 Å². The lowest BCUT2D eigenvalue weighted by Gasteiger charge is -2.24. The van der Waals surface area contributed by atoms with E-state index in [1.807, 2.05) is 13.8 Å². The number of carbonyl (C=O) groups excluding carboxylic acids is 2. The van der Waals surface area contributed by atoms with Crippen molar-refractivity contribution < 1.29 is 14.7 Å². The number of rotatable bonds is 4. The SMILES string of the molecule is CC(C)CC(NC(N)=O)C(=O)N1CCC(O)C1. The molecule has 6 heteroatoms. The Balaban J connectivity index is 2.61. The lowest BCUT2D eigenvalue weighted by molar-refractivity contribution is -0.132. The summed E-state index contributed by atoms with van der Waals surface area (Å²) >= 11 is 0. The van der Waals surface area contributed by atoms with E-state index in [9.17, 15) is 14.7 Å². The Morgan fingerprint density at radius 3 is 2.59 bits per heavy atom. The van der Waals surface area contributed by atoms with Gasteiger partial charge in [-0.25, -0.2) is 4.79 Å². The van der Waals surface area contributed by atoms with Gasteiger partial charge in [0.05, 0.1) is 6.10 Å². The Kier molecular flexibility index (Phi) is 4.74. The number of nitrogens with two attached hydrogens (primary N) is 1. The molecule has 0 aromatic rings. The first kappa shape index (κ1) is 13.8. The van der Waals surface area contributed by atoms with Crippen molar-refractivity contribution in [1.82, 2.24) is 10.2 Å². The van der Waals surface area contributed by atoms with Gasteiger partial charge in [-0.2, -0.15) is 0 Å². The van der Waals surface area contributed by atoms with E-state index in [2.05, 4.69) is 5.32 Å². The van der Waals surface area contributed by atoms with Crippen LogP contribution >= 0.6 is 0 Å². The summed E-state index contributed by atoms with van der Waals surface area (Å²) in [5.74, 6) is 0.123. The Bertz CT molecular complexity index is 294. The van der Waals surface area contributed by atoms with Crippen LogP contribution in [0.5, 0.6) is 0 Å². The van der Waals surface area contributed by atoms with Crippen LogP contribution in [0, 0.1) is 5.92 Å². The summed E-state index contributed by atoms with van der Waals surface area (Å²) in [7, 11) is 0. The van der Waals surface area contributed by atoms with Crippen LogP contribution < -0.4 is 11.1 Å². The fourth-order valence-electron chi connectivity index (χ4n) is 2.03. The molecule has 0 aromatic carbocycles. The molecule has 1 aliphatic heterocycles. The second kappa shape index (κ2) is 5.86. The molecule has 1 heterocycles. The van der Waals surface area contributed by atoms with E-state index in [1.54, 1.807) is 4.90 Å². The Hall–Kier alpha value is -1.30. The van der Waals surface area contributed by atoms with Crippen LogP contribution in [-0.4, -0.2) is 47.2 Å². The molecule has 6 nitrogen and oxygen atoms in total. The molecule has 0 aliphatic carbocycles. The minimum absolute atomic E-state index is 0.158. The first-order chi connectivity index (χ1) is 7.90. The van der Waals surface area contributed by atoms with Gasteiger partial charge in [0.2, 0.25) is 5.91 Å². The van der Waals surface area contributed by atoms with E-state index in [0.29, 0.717) is 25.9 Å². The van der Waals surface area contributed by atoms with Gasteiger partial charge in [-0.1, -0.05) is 13.8 Å². The molecular weight excluding hydrogens is 222 g/mol. The monoisotopic (exact) mass is 243 g/mol. The summed E-state index contributed by atoms with van der Waals surface area (Å²) in [6.07, 6.45) is 0.692. The summed E-state index contributed by atoms with van der Waals surface area (Å²) in [5, 5.41) is 11.9. The van der Waals surface area contributed by atoms with Gasteiger partial charge < -0.3 is 21.1 Å². The number of likely N-dealkylation sites (tertiary alicyclic amines) is 1. The highest BCUT2D eigenvalue weighted by molar-refractivity contribution is 5.86. The van der Waals surface area contributed by atoms with E-state index < -0.39 is 18.2 Å². The predicted octanol–water partition coefficient (Wildman–Crippen LogP) is -0.337. The molecule has 1 rings (SSSR count). The lowest BCUT2D eigenvalue weighted by atomic mass is 10.0. The molecule has 4 N–H and O–H groups in total. The summed E-state index contributed by atoms with van der Waals surface area (Å²) in [6, 6.07) is -1.28. The number of nitrogens with zero attached hydrogens (tertiary/aromatic N) is 1. The Labute approximate surface area is 101 Å². The van der Waals surface area contributed by atoms with Crippen molar-refractivity contribution >= 4 is 11.9 Å². The van der Waals surface area contributed by atoms with Crippen molar-refractivity contribution in [2.24, 2.45) is 11.7 Å². The van der Waals surface area contributed by atoms with Crippen LogP contribution in [0.3, 0.4) is 0 Å². The maximum Gasteiger partial charge on any atom is 0.312 e. The van der Waals surface area contributed by atoms with Gasteiger partial charge in [0.25, 0.3) is 0 Å². The molecule has 2 atom stereocenters. The first-order valence-electron chi connectivity index (χ1n) is 5.93. The third-order valence-electron chi connectivity index (χ3n) is 2.80. The molecular formula is C11H21N3O3. The fourth-order valence-corrected chi connectivity index (χ4v) is 2.03. The van der Waals surface area contributed by atoms with Gasteiger partial charge >= 0.3 is 6.03 Å². The molecule has 98 valence electrons. The standard InChI is InChI=1S/C11H21N3O3/c1-7(2)5-9(13-11(12)17)10(16)14-4-3-8(15)6-14/h7-9,15H,3-6H2,1-2H3,(H3,12,13,17). The van der Waals surface area contributed by atoms with E-state index in [1.165, 1.54) is 0 Å². The molecule has 0 spiro atoms. The number of urea groups is 1. The first-order valence-corrected chi connectivity index (χ1v) is 5.93. The quantitative estimate of drug-likeness (QED) is 0.630. The van der Waals surface area contributed by atoms with E-state index >= 15 is 0 Å². The van der Waals surface area contributed by atoms with Crippen LogP contribution in [0.4, 0.5) is 4.79 Å². The number of hydrogen-bond donors (Lipinski definition) is 3. The largest absolute Gasteiger partial charge is 0.391 e. The maximum absolute atomic E-state index is 12.1. The lowest BCUT2D eigenvalue weighted by Crippen LogP contribution is -2.50. The van der Waals surface area contributed by atoms with Gasteiger partial charge in [-0.05, 0) is 18.8 Å². The second-order valence-electron chi connectivity index (χ2n) is 4.92. The molecule has 0 saturated carbocycles. The number of amides is 3. The second-order valence-corrected chi connectivity index (χ2v) is 4.92. The summed E-state index contributed by atoms with van der Waals surface area (Å²) in [6.45, 7) is 4.83. The van der Waals surface area contributed by atoms with Crippen molar-refractivity contribution in [3.8, 4) is 0 Å². The minimum Gasteiger partial charge on any atom is -0.391 e. The van der Waals surface area contributed by atoms with E-state index in [4.69, 9.17) is 5.73 Å². The molecule has 3 amide bonds. The van der Waals surface area contributed by atoms with Crippen LogP contribution in [-0.2, 0) is 4.79 Å². The molecule has 17 heavy (non-hydrogen) atoms. The average Bonchev–Trinajstić information content (AvgIpc) is 2.61. The molecule has 2 unspecified atom stereocenters.